The molecule has 3 rings (SSSR count). The molecule has 23 heavy (non-hydrogen) atoms. The maximum Gasteiger partial charge on any atom is 0.224 e. The highest BCUT2D eigenvalue weighted by atomic mass is 32.1. The monoisotopic (exact) mass is 331 g/mol. The average Bonchev–Trinajstić information content (AvgIpc) is 2.88. The number of fused-ring (bicyclic) bond motifs is 1. The van der Waals surface area contributed by atoms with Crippen molar-refractivity contribution in [3.05, 3.63) is 57.0 Å². The first-order valence-corrected chi connectivity index (χ1v) is 8.84. The summed E-state index contributed by atoms with van der Waals surface area (Å²) < 4.78 is 12.9. The molecule has 2 nitrogen and oxygen atoms in total. The highest BCUT2D eigenvalue weighted by molar-refractivity contribution is 7.12. The lowest BCUT2D eigenvalue weighted by Crippen LogP contribution is -2.24. The molecule has 0 saturated heterocycles. The van der Waals surface area contributed by atoms with Gasteiger partial charge < -0.3 is 5.32 Å². The Hall–Kier alpha value is -1.68. The van der Waals surface area contributed by atoms with Crippen molar-refractivity contribution in [3.63, 3.8) is 0 Å². The third-order valence-electron chi connectivity index (χ3n) is 4.40. The molecule has 0 aliphatic heterocycles. The zero-order chi connectivity index (χ0) is 16.4. The van der Waals surface area contributed by atoms with Crippen LogP contribution in [0.2, 0.25) is 0 Å². The van der Waals surface area contributed by atoms with Crippen LogP contribution in [0.3, 0.4) is 0 Å². The summed E-state index contributed by atoms with van der Waals surface area (Å²) in [7, 11) is 0. The Labute approximate surface area is 140 Å². The van der Waals surface area contributed by atoms with Gasteiger partial charge in [-0.3, -0.25) is 4.79 Å². The molecular weight excluding hydrogens is 309 g/mol. The van der Waals surface area contributed by atoms with Crippen molar-refractivity contribution >= 4 is 17.2 Å². The highest BCUT2D eigenvalue weighted by Crippen LogP contribution is 2.38. The number of thiophene rings is 1. The van der Waals surface area contributed by atoms with E-state index in [1.807, 2.05) is 11.3 Å². The van der Waals surface area contributed by atoms with E-state index in [9.17, 15) is 9.18 Å². The fourth-order valence-corrected chi connectivity index (χ4v) is 4.43. The molecule has 1 aliphatic carbocycles. The van der Waals surface area contributed by atoms with Crippen LogP contribution < -0.4 is 5.32 Å². The minimum atomic E-state index is -0.277. The lowest BCUT2D eigenvalue weighted by Gasteiger charge is -2.28. The second kappa shape index (κ2) is 6.44. The van der Waals surface area contributed by atoms with Gasteiger partial charge in [0.05, 0.1) is 13.0 Å². The summed E-state index contributed by atoms with van der Waals surface area (Å²) in [6.45, 7) is 5.22. The molecule has 0 radical (unpaired) electrons. The third kappa shape index (κ3) is 4.20. The maximum atomic E-state index is 12.9. The molecule has 0 atom stereocenters. The average molecular weight is 331 g/mol. The number of nitrogens with one attached hydrogen (secondary N) is 1. The van der Waals surface area contributed by atoms with Gasteiger partial charge >= 0.3 is 0 Å². The molecule has 1 amide bonds. The SMILES string of the molecule is CC1(C)CCc2cc(CNC(=O)Cc3ccc(F)cc3)sc2C1. The molecule has 0 unspecified atom stereocenters. The molecule has 1 N–H and O–H groups in total. The lowest BCUT2D eigenvalue weighted by atomic mass is 9.78. The van der Waals surface area contributed by atoms with Crippen LogP contribution in [0, 0.1) is 11.2 Å². The van der Waals surface area contributed by atoms with Crippen LogP contribution in [-0.4, -0.2) is 5.91 Å². The molecule has 0 spiro atoms. The van der Waals surface area contributed by atoms with Gasteiger partial charge in [-0.1, -0.05) is 26.0 Å². The van der Waals surface area contributed by atoms with E-state index in [-0.39, 0.29) is 11.7 Å². The summed E-state index contributed by atoms with van der Waals surface area (Å²) in [4.78, 5) is 14.7. The largest absolute Gasteiger partial charge is 0.351 e. The van der Waals surface area contributed by atoms with E-state index in [0.717, 1.165) is 18.4 Å². The number of amides is 1. The maximum absolute atomic E-state index is 12.9. The van der Waals surface area contributed by atoms with Gasteiger partial charge in [0.1, 0.15) is 5.82 Å². The highest BCUT2D eigenvalue weighted by Gasteiger charge is 2.26. The van der Waals surface area contributed by atoms with E-state index < -0.39 is 0 Å². The van der Waals surface area contributed by atoms with Crippen molar-refractivity contribution < 1.29 is 9.18 Å². The van der Waals surface area contributed by atoms with Crippen LogP contribution in [0.5, 0.6) is 0 Å². The number of hydrogen-bond acceptors (Lipinski definition) is 2. The predicted molar refractivity (Wildman–Crippen MR) is 92.1 cm³/mol. The molecule has 1 aliphatic rings. The van der Waals surface area contributed by atoms with E-state index in [4.69, 9.17) is 0 Å². The normalized spacial score (nSPS) is 16.0. The van der Waals surface area contributed by atoms with Gasteiger partial charge in [0.15, 0.2) is 0 Å². The van der Waals surface area contributed by atoms with Gasteiger partial charge in [-0.15, -0.1) is 11.3 Å². The van der Waals surface area contributed by atoms with Gasteiger partial charge in [0, 0.05) is 9.75 Å². The van der Waals surface area contributed by atoms with Crippen LogP contribution in [0.1, 0.15) is 41.1 Å². The fourth-order valence-electron chi connectivity index (χ4n) is 3.01. The van der Waals surface area contributed by atoms with Gasteiger partial charge in [-0.25, -0.2) is 4.39 Å². The summed E-state index contributed by atoms with van der Waals surface area (Å²) in [6, 6.07) is 8.32. The first-order valence-electron chi connectivity index (χ1n) is 8.03. The topological polar surface area (TPSA) is 29.1 Å². The Morgan fingerprint density at radius 3 is 2.78 bits per heavy atom. The molecule has 0 fully saturated rings. The molecular formula is C19H22FNOS. The number of rotatable bonds is 4. The number of benzene rings is 1. The van der Waals surface area contributed by atoms with Crippen LogP contribution in [0.4, 0.5) is 4.39 Å². The second-order valence-electron chi connectivity index (χ2n) is 7.08. The predicted octanol–water partition coefficient (Wildman–Crippen LogP) is 4.26. The summed E-state index contributed by atoms with van der Waals surface area (Å²) in [5.41, 5.74) is 2.68. The molecule has 1 heterocycles. The smallest absolute Gasteiger partial charge is 0.224 e. The first-order chi connectivity index (χ1) is 10.9. The van der Waals surface area contributed by atoms with E-state index in [1.165, 1.54) is 33.9 Å². The van der Waals surface area contributed by atoms with Crippen molar-refractivity contribution in [2.45, 2.75) is 46.1 Å². The van der Waals surface area contributed by atoms with Crippen molar-refractivity contribution in [1.29, 1.82) is 0 Å². The van der Waals surface area contributed by atoms with E-state index >= 15 is 0 Å². The van der Waals surface area contributed by atoms with Gasteiger partial charge in [-0.2, -0.15) is 0 Å². The number of carbonyl (C=O) groups excluding carboxylic acids is 1. The standard InChI is InChI=1S/C19H22FNOS/c1-19(2)8-7-14-10-16(23-17(14)11-19)12-21-18(22)9-13-3-5-15(20)6-4-13/h3-6,10H,7-9,11-12H2,1-2H3,(H,21,22). The second-order valence-corrected chi connectivity index (χ2v) is 8.30. The Balaban J connectivity index is 1.55. The zero-order valence-corrected chi connectivity index (χ0v) is 14.4. The number of hydrogen-bond donors (Lipinski definition) is 1. The lowest BCUT2D eigenvalue weighted by molar-refractivity contribution is -0.120. The summed E-state index contributed by atoms with van der Waals surface area (Å²) in [5, 5.41) is 2.97. The van der Waals surface area contributed by atoms with Gasteiger partial charge in [0.2, 0.25) is 5.91 Å². The number of halogens is 1. The van der Waals surface area contributed by atoms with Crippen LogP contribution in [-0.2, 0) is 30.6 Å². The Morgan fingerprint density at radius 1 is 1.30 bits per heavy atom. The summed E-state index contributed by atoms with van der Waals surface area (Å²) >= 11 is 1.82. The molecule has 1 aromatic heterocycles. The fraction of sp³-hybridized carbons (Fsp3) is 0.421. The minimum absolute atomic E-state index is 0.0247. The molecule has 122 valence electrons. The Kier molecular flexibility index (Phi) is 4.53. The molecule has 2 aromatic rings. The van der Waals surface area contributed by atoms with Gasteiger partial charge in [-0.05, 0) is 54.0 Å². The molecule has 1 aromatic carbocycles. The number of carbonyl (C=O) groups is 1. The minimum Gasteiger partial charge on any atom is -0.351 e. The third-order valence-corrected chi connectivity index (χ3v) is 5.57. The molecule has 0 bridgehead atoms. The summed E-state index contributed by atoms with van der Waals surface area (Å²) in [5.74, 6) is -0.301. The quantitative estimate of drug-likeness (QED) is 0.891. The number of aryl methyl sites for hydroxylation is 1. The van der Waals surface area contributed by atoms with Crippen LogP contribution >= 0.6 is 11.3 Å². The first kappa shape index (κ1) is 16.2. The Bertz CT molecular complexity index is 703. The molecule has 0 saturated carbocycles. The van der Waals surface area contributed by atoms with Crippen molar-refractivity contribution in [2.24, 2.45) is 5.41 Å². The van der Waals surface area contributed by atoms with E-state index in [1.54, 1.807) is 12.1 Å². The zero-order valence-electron chi connectivity index (χ0n) is 13.6. The van der Waals surface area contributed by atoms with E-state index in [2.05, 4.69) is 25.2 Å². The van der Waals surface area contributed by atoms with Gasteiger partial charge in [0.25, 0.3) is 0 Å². The Morgan fingerprint density at radius 2 is 2.04 bits per heavy atom. The van der Waals surface area contributed by atoms with Crippen LogP contribution in [0.25, 0.3) is 0 Å². The molecule has 4 heteroatoms. The van der Waals surface area contributed by atoms with Crippen molar-refractivity contribution in [1.82, 2.24) is 5.32 Å². The van der Waals surface area contributed by atoms with Crippen LogP contribution in [0.15, 0.2) is 30.3 Å². The van der Waals surface area contributed by atoms with Crippen molar-refractivity contribution in [2.75, 3.05) is 0 Å². The summed E-state index contributed by atoms with van der Waals surface area (Å²) in [6.07, 6.45) is 3.80. The van der Waals surface area contributed by atoms with Crippen molar-refractivity contribution in [3.8, 4) is 0 Å². The van der Waals surface area contributed by atoms with E-state index in [0.29, 0.717) is 18.4 Å².